The number of anilines is 1. The summed E-state index contributed by atoms with van der Waals surface area (Å²) in [5, 5.41) is 9.81. The first-order chi connectivity index (χ1) is 13.0. The highest BCUT2D eigenvalue weighted by Gasteiger charge is 2.26. The Kier molecular flexibility index (Phi) is 6.35. The highest BCUT2D eigenvalue weighted by Crippen LogP contribution is 2.35. The Labute approximate surface area is 164 Å². The molecule has 0 saturated heterocycles. The standard InChI is InChI=1S/C17H18ClFN4O3S/c1-26-6-5-20-14(24)7-23-16(10-8-27-9-13(10)22-23)21-17(25)15-11(18)3-2-4-12(15)19/h2-4H,5-9H2,1H3,(H,20,24)(H,21,25). The van der Waals surface area contributed by atoms with Crippen LogP contribution in [0.2, 0.25) is 5.02 Å². The lowest BCUT2D eigenvalue weighted by atomic mass is 10.2. The molecule has 10 heteroatoms. The molecule has 0 aliphatic carbocycles. The molecule has 2 N–H and O–H groups in total. The lowest BCUT2D eigenvalue weighted by Crippen LogP contribution is -2.31. The highest BCUT2D eigenvalue weighted by atomic mass is 35.5. The SMILES string of the molecule is COCCNC(=O)Cn1nc2c(c1NC(=O)c1c(F)cccc1Cl)CSC2. The van der Waals surface area contributed by atoms with Crippen molar-refractivity contribution in [3.63, 3.8) is 0 Å². The van der Waals surface area contributed by atoms with Gasteiger partial charge in [-0.05, 0) is 12.1 Å². The van der Waals surface area contributed by atoms with Crippen LogP contribution >= 0.6 is 23.4 Å². The number of thioether (sulfide) groups is 1. The van der Waals surface area contributed by atoms with Crippen molar-refractivity contribution in [3.05, 3.63) is 45.9 Å². The fourth-order valence-corrected chi connectivity index (χ4v) is 3.97. The Morgan fingerprint density at radius 1 is 1.41 bits per heavy atom. The predicted octanol–water partition coefficient (Wildman–Crippen LogP) is 2.44. The zero-order chi connectivity index (χ0) is 19.4. The molecule has 0 saturated carbocycles. The second-order valence-electron chi connectivity index (χ2n) is 5.82. The fourth-order valence-electron chi connectivity index (χ4n) is 2.69. The van der Waals surface area contributed by atoms with E-state index in [4.69, 9.17) is 16.3 Å². The van der Waals surface area contributed by atoms with Gasteiger partial charge in [0.05, 0.1) is 22.9 Å². The van der Waals surface area contributed by atoms with E-state index in [1.54, 1.807) is 18.9 Å². The van der Waals surface area contributed by atoms with Crippen LogP contribution < -0.4 is 10.6 Å². The molecule has 2 heterocycles. The first-order valence-electron chi connectivity index (χ1n) is 8.18. The topological polar surface area (TPSA) is 85.2 Å². The van der Waals surface area contributed by atoms with Crippen LogP contribution in [0.1, 0.15) is 21.6 Å². The number of carbonyl (C=O) groups is 2. The third-order valence-electron chi connectivity index (χ3n) is 3.96. The minimum atomic E-state index is -0.714. The Morgan fingerprint density at radius 3 is 2.96 bits per heavy atom. The van der Waals surface area contributed by atoms with Gasteiger partial charge in [0.2, 0.25) is 5.91 Å². The van der Waals surface area contributed by atoms with E-state index in [1.165, 1.54) is 22.9 Å². The zero-order valence-corrected chi connectivity index (χ0v) is 16.1. The van der Waals surface area contributed by atoms with E-state index in [9.17, 15) is 14.0 Å². The maximum Gasteiger partial charge on any atom is 0.261 e. The molecule has 1 aliphatic rings. The van der Waals surface area contributed by atoms with Crippen LogP contribution in [0.25, 0.3) is 0 Å². The summed E-state index contributed by atoms with van der Waals surface area (Å²) in [4.78, 5) is 24.7. The molecule has 0 unspecified atom stereocenters. The van der Waals surface area contributed by atoms with Gasteiger partial charge in [0, 0.05) is 30.7 Å². The minimum Gasteiger partial charge on any atom is -0.383 e. The van der Waals surface area contributed by atoms with Crippen molar-refractivity contribution in [2.75, 3.05) is 25.6 Å². The van der Waals surface area contributed by atoms with Crippen LogP contribution in [0.15, 0.2) is 18.2 Å². The molecule has 3 rings (SSSR count). The summed E-state index contributed by atoms with van der Waals surface area (Å²) in [7, 11) is 1.54. The Bertz CT molecular complexity index is 854. The van der Waals surface area contributed by atoms with Crippen molar-refractivity contribution in [3.8, 4) is 0 Å². The van der Waals surface area contributed by atoms with Gasteiger partial charge in [-0.25, -0.2) is 9.07 Å². The lowest BCUT2D eigenvalue weighted by Gasteiger charge is -2.12. The van der Waals surface area contributed by atoms with Crippen molar-refractivity contribution < 1.29 is 18.7 Å². The van der Waals surface area contributed by atoms with Gasteiger partial charge in [-0.1, -0.05) is 17.7 Å². The average molecular weight is 413 g/mol. The molecule has 0 fully saturated rings. The van der Waals surface area contributed by atoms with Crippen molar-refractivity contribution in [1.29, 1.82) is 0 Å². The maximum atomic E-state index is 14.0. The molecule has 27 heavy (non-hydrogen) atoms. The zero-order valence-electron chi connectivity index (χ0n) is 14.6. The van der Waals surface area contributed by atoms with Gasteiger partial charge in [0.1, 0.15) is 18.2 Å². The molecule has 144 valence electrons. The number of benzene rings is 1. The first kappa shape index (κ1) is 19.7. The number of fused-ring (bicyclic) bond motifs is 1. The molecule has 0 bridgehead atoms. The normalized spacial score (nSPS) is 12.7. The predicted molar refractivity (Wildman–Crippen MR) is 101 cm³/mol. The van der Waals surface area contributed by atoms with E-state index >= 15 is 0 Å². The molecule has 2 amide bonds. The summed E-state index contributed by atoms with van der Waals surface area (Å²) in [6.45, 7) is 0.702. The molecule has 0 atom stereocenters. The summed E-state index contributed by atoms with van der Waals surface area (Å²) in [6.07, 6.45) is 0. The first-order valence-corrected chi connectivity index (χ1v) is 9.71. The number of methoxy groups -OCH3 is 1. The number of aromatic nitrogens is 2. The van der Waals surface area contributed by atoms with E-state index in [0.717, 1.165) is 11.3 Å². The Hall–Kier alpha value is -2.10. The number of rotatable bonds is 7. The van der Waals surface area contributed by atoms with Crippen LogP contribution in [-0.2, 0) is 27.6 Å². The fraction of sp³-hybridized carbons (Fsp3) is 0.353. The maximum absolute atomic E-state index is 14.0. The highest BCUT2D eigenvalue weighted by molar-refractivity contribution is 7.98. The Morgan fingerprint density at radius 2 is 2.22 bits per heavy atom. The number of nitrogens with zero attached hydrogens (tertiary/aromatic N) is 2. The second kappa shape index (κ2) is 8.73. The number of halogens is 2. The lowest BCUT2D eigenvalue weighted by molar-refractivity contribution is -0.122. The van der Waals surface area contributed by atoms with Crippen LogP contribution in [0.4, 0.5) is 10.2 Å². The van der Waals surface area contributed by atoms with Crippen molar-refractivity contribution in [2.45, 2.75) is 18.1 Å². The minimum absolute atomic E-state index is 0.0156. The van der Waals surface area contributed by atoms with Gasteiger partial charge in [-0.2, -0.15) is 16.9 Å². The smallest absolute Gasteiger partial charge is 0.261 e. The number of amides is 2. The van der Waals surface area contributed by atoms with Crippen LogP contribution in [0.3, 0.4) is 0 Å². The van der Waals surface area contributed by atoms with Gasteiger partial charge >= 0.3 is 0 Å². The van der Waals surface area contributed by atoms with Crippen LogP contribution in [0.5, 0.6) is 0 Å². The van der Waals surface area contributed by atoms with Gasteiger partial charge in [0.15, 0.2) is 0 Å². The summed E-state index contributed by atoms with van der Waals surface area (Å²) >= 11 is 7.63. The number of carbonyl (C=O) groups excluding carboxylic acids is 2. The summed E-state index contributed by atoms with van der Waals surface area (Å²) in [5.74, 6) is 0.0766. The van der Waals surface area contributed by atoms with Crippen molar-refractivity contribution >= 4 is 41.0 Å². The number of hydrogen-bond donors (Lipinski definition) is 2. The molecular formula is C17H18ClFN4O3S. The summed E-state index contributed by atoms with van der Waals surface area (Å²) in [6, 6.07) is 4.04. The average Bonchev–Trinajstić information content (AvgIpc) is 3.18. The van der Waals surface area contributed by atoms with Crippen molar-refractivity contribution in [1.82, 2.24) is 15.1 Å². The van der Waals surface area contributed by atoms with Gasteiger partial charge in [-0.3, -0.25) is 9.59 Å². The molecule has 1 aromatic heterocycles. The molecule has 1 aromatic carbocycles. The molecule has 0 radical (unpaired) electrons. The second-order valence-corrected chi connectivity index (χ2v) is 7.21. The molecular weight excluding hydrogens is 395 g/mol. The largest absolute Gasteiger partial charge is 0.383 e. The summed E-state index contributed by atoms with van der Waals surface area (Å²) in [5.41, 5.74) is 1.40. The molecule has 7 nitrogen and oxygen atoms in total. The molecule has 0 spiro atoms. The van der Waals surface area contributed by atoms with E-state index in [2.05, 4.69) is 15.7 Å². The number of ether oxygens (including phenoxy) is 1. The monoisotopic (exact) mass is 412 g/mol. The molecule has 1 aliphatic heterocycles. The van der Waals surface area contributed by atoms with E-state index in [1.807, 2.05) is 0 Å². The van der Waals surface area contributed by atoms with E-state index in [-0.39, 0.29) is 23.0 Å². The Balaban J connectivity index is 1.82. The third kappa shape index (κ3) is 4.42. The van der Waals surface area contributed by atoms with Gasteiger partial charge in [0.25, 0.3) is 5.91 Å². The molecule has 2 aromatic rings. The quantitative estimate of drug-likeness (QED) is 0.682. The van der Waals surface area contributed by atoms with Crippen LogP contribution in [-0.4, -0.2) is 41.9 Å². The van der Waals surface area contributed by atoms with Crippen LogP contribution in [0, 0.1) is 5.82 Å². The number of hydrogen-bond acceptors (Lipinski definition) is 5. The summed E-state index contributed by atoms with van der Waals surface area (Å²) < 4.78 is 20.4. The van der Waals surface area contributed by atoms with Crippen molar-refractivity contribution in [2.24, 2.45) is 0 Å². The number of nitrogens with one attached hydrogen (secondary N) is 2. The van der Waals surface area contributed by atoms with E-state index < -0.39 is 11.7 Å². The van der Waals surface area contributed by atoms with E-state index in [0.29, 0.717) is 30.5 Å². The van der Waals surface area contributed by atoms with Gasteiger partial charge in [-0.15, -0.1) is 0 Å². The van der Waals surface area contributed by atoms with Gasteiger partial charge < -0.3 is 15.4 Å². The third-order valence-corrected chi connectivity index (χ3v) is 5.25.